The molecule has 2 fully saturated rings. The highest BCUT2D eigenvalue weighted by molar-refractivity contribution is 5.74. The summed E-state index contributed by atoms with van der Waals surface area (Å²) in [7, 11) is 0. The van der Waals surface area contributed by atoms with Crippen LogP contribution < -0.4 is 16.0 Å². The standard InChI is InChI=1S/C23H30N4O/c28-23(26-22-10-13-24-16-22)25-21-11-14-27(15-12-21)17-18-6-8-20(9-7-18)19-4-2-1-3-5-19/h1-9,21-22,24H,10-17H2,(H2,25,26,28)/t22-/m0/s1. The quantitative estimate of drug-likeness (QED) is 0.750. The number of hydrogen-bond acceptors (Lipinski definition) is 3. The molecule has 2 heterocycles. The summed E-state index contributed by atoms with van der Waals surface area (Å²) >= 11 is 0. The number of likely N-dealkylation sites (tertiary alicyclic amines) is 1. The average molecular weight is 379 g/mol. The lowest BCUT2D eigenvalue weighted by Crippen LogP contribution is -2.50. The molecular weight excluding hydrogens is 348 g/mol. The van der Waals surface area contributed by atoms with Crippen LogP contribution in [0, 0.1) is 0 Å². The van der Waals surface area contributed by atoms with Crippen LogP contribution in [-0.2, 0) is 6.54 Å². The summed E-state index contributed by atoms with van der Waals surface area (Å²) < 4.78 is 0. The van der Waals surface area contributed by atoms with Crippen molar-refractivity contribution < 1.29 is 4.79 Å². The molecule has 5 heteroatoms. The zero-order valence-corrected chi connectivity index (χ0v) is 16.4. The van der Waals surface area contributed by atoms with E-state index in [0.717, 1.165) is 52.0 Å². The van der Waals surface area contributed by atoms with Gasteiger partial charge >= 0.3 is 6.03 Å². The van der Waals surface area contributed by atoms with Gasteiger partial charge in [0.05, 0.1) is 0 Å². The third-order valence-corrected chi connectivity index (χ3v) is 5.79. The minimum Gasteiger partial charge on any atom is -0.335 e. The van der Waals surface area contributed by atoms with Crippen molar-refractivity contribution in [1.29, 1.82) is 0 Å². The molecule has 2 aliphatic rings. The predicted octanol–water partition coefficient (Wildman–Crippen LogP) is 2.98. The number of urea groups is 1. The summed E-state index contributed by atoms with van der Waals surface area (Å²) in [5.41, 5.74) is 3.86. The van der Waals surface area contributed by atoms with E-state index in [1.807, 2.05) is 6.07 Å². The first-order valence-corrected chi connectivity index (χ1v) is 10.4. The van der Waals surface area contributed by atoms with Crippen LogP contribution in [0.5, 0.6) is 0 Å². The molecule has 2 aliphatic heterocycles. The lowest BCUT2D eigenvalue weighted by molar-refractivity contribution is 0.186. The van der Waals surface area contributed by atoms with Gasteiger partial charge in [-0.1, -0.05) is 54.6 Å². The van der Waals surface area contributed by atoms with Crippen molar-refractivity contribution in [3.8, 4) is 11.1 Å². The van der Waals surface area contributed by atoms with Crippen molar-refractivity contribution in [2.75, 3.05) is 26.2 Å². The number of nitrogens with one attached hydrogen (secondary N) is 3. The second kappa shape index (κ2) is 9.22. The summed E-state index contributed by atoms with van der Waals surface area (Å²) in [6, 6.07) is 19.9. The second-order valence-corrected chi connectivity index (χ2v) is 7.92. The average Bonchev–Trinajstić information content (AvgIpc) is 3.24. The molecule has 0 saturated carbocycles. The van der Waals surface area contributed by atoms with Gasteiger partial charge in [-0.2, -0.15) is 0 Å². The van der Waals surface area contributed by atoms with Gasteiger partial charge in [0.15, 0.2) is 0 Å². The number of piperidine rings is 1. The van der Waals surface area contributed by atoms with E-state index in [1.54, 1.807) is 0 Å². The molecule has 4 rings (SSSR count). The molecule has 2 aromatic rings. The number of rotatable bonds is 5. The van der Waals surface area contributed by atoms with E-state index in [9.17, 15) is 4.79 Å². The normalized spacial score (nSPS) is 20.8. The molecule has 0 aromatic heterocycles. The largest absolute Gasteiger partial charge is 0.335 e. The van der Waals surface area contributed by atoms with Gasteiger partial charge in [-0.15, -0.1) is 0 Å². The van der Waals surface area contributed by atoms with E-state index in [2.05, 4.69) is 69.4 Å². The maximum absolute atomic E-state index is 12.1. The highest BCUT2D eigenvalue weighted by Gasteiger charge is 2.22. The highest BCUT2D eigenvalue weighted by Crippen LogP contribution is 2.20. The number of carbonyl (C=O) groups excluding carboxylic acids is 1. The third kappa shape index (κ3) is 5.12. The van der Waals surface area contributed by atoms with Gasteiger partial charge in [0, 0.05) is 38.3 Å². The van der Waals surface area contributed by atoms with Crippen LogP contribution >= 0.6 is 0 Å². The molecule has 2 aromatic carbocycles. The Balaban J connectivity index is 1.21. The Morgan fingerprint density at radius 1 is 0.893 bits per heavy atom. The number of nitrogens with zero attached hydrogens (tertiary/aromatic N) is 1. The molecule has 2 amide bonds. The van der Waals surface area contributed by atoms with Crippen molar-refractivity contribution >= 4 is 6.03 Å². The molecule has 0 bridgehead atoms. The Bertz CT molecular complexity index is 748. The summed E-state index contributed by atoms with van der Waals surface area (Å²) in [4.78, 5) is 14.6. The third-order valence-electron chi connectivity index (χ3n) is 5.79. The van der Waals surface area contributed by atoms with Gasteiger partial charge < -0.3 is 16.0 Å². The van der Waals surface area contributed by atoms with Crippen molar-refractivity contribution in [2.45, 2.75) is 37.9 Å². The minimum absolute atomic E-state index is 0.0105. The van der Waals surface area contributed by atoms with Gasteiger partial charge in [0.25, 0.3) is 0 Å². The zero-order valence-electron chi connectivity index (χ0n) is 16.4. The van der Waals surface area contributed by atoms with Gasteiger partial charge in [-0.3, -0.25) is 4.90 Å². The molecule has 0 unspecified atom stereocenters. The fraction of sp³-hybridized carbons (Fsp3) is 0.435. The summed E-state index contributed by atoms with van der Waals surface area (Å²) in [6.45, 7) is 4.90. The molecule has 0 aliphatic carbocycles. The smallest absolute Gasteiger partial charge is 0.315 e. The molecule has 0 spiro atoms. The minimum atomic E-state index is -0.0105. The molecule has 28 heavy (non-hydrogen) atoms. The first kappa shape index (κ1) is 19.0. The van der Waals surface area contributed by atoms with Gasteiger partial charge in [0.2, 0.25) is 0 Å². The van der Waals surface area contributed by atoms with Gasteiger partial charge in [-0.25, -0.2) is 4.79 Å². The summed E-state index contributed by atoms with van der Waals surface area (Å²) in [5.74, 6) is 0. The monoisotopic (exact) mass is 378 g/mol. The van der Waals surface area contributed by atoms with Crippen LogP contribution in [0.3, 0.4) is 0 Å². The lowest BCUT2D eigenvalue weighted by Gasteiger charge is -2.32. The molecule has 148 valence electrons. The van der Waals surface area contributed by atoms with E-state index in [-0.39, 0.29) is 18.1 Å². The number of hydrogen-bond donors (Lipinski definition) is 3. The molecular formula is C23H30N4O. The number of carbonyl (C=O) groups is 1. The van der Waals surface area contributed by atoms with E-state index < -0.39 is 0 Å². The topological polar surface area (TPSA) is 56.4 Å². The molecule has 0 radical (unpaired) electrons. The van der Waals surface area contributed by atoms with Crippen LogP contribution in [0.25, 0.3) is 11.1 Å². The van der Waals surface area contributed by atoms with Crippen LogP contribution in [0.2, 0.25) is 0 Å². The van der Waals surface area contributed by atoms with E-state index in [4.69, 9.17) is 0 Å². The first-order chi connectivity index (χ1) is 13.8. The number of amides is 2. The summed E-state index contributed by atoms with van der Waals surface area (Å²) in [5, 5.41) is 9.49. The van der Waals surface area contributed by atoms with Crippen molar-refractivity contribution in [3.63, 3.8) is 0 Å². The van der Waals surface area contributed by atoms with Crippen molar-refractivity contribution in [1.82, 2.24) is 20.9 Å². The maximum Gasteiger partial charge on any atom is 0.315 e. The highest BCUT2D eigenvalue weighted by atomic mass is 16.2. The molecule has 3 N–H and O–H groups in total. The van der Waals surface area contributed by atoms with Crippen LogP contribution in [-0.4, -0.2) is 49.2 Å². The Kier molecular flexibility index (Phi) is 6.24. The first-order valence-electron chi connectivity index (χ1n) is 10.4. The van der Waals surface area contributed by atoms with Gasteiger partial charge in [0.1, 0.15) is 0 Å². The Morgan fingerprint density at radius 2 is 1.57 bits per heavy atom. The van der Waals surface area contributed by atoms with E-state index in [1.165, 1.54) is 16.7 Å². The Morgan fingerprint density at radius 3 is 2.25 bits per heavy atom. The molecule has 1 atom stereocenters. The van der Waals surface area contributed by atoms with Crippen LogP contribution in [0.15, 0.2) is 54.6 Å². The Hall–Kier alpha value is -2.37. The van der Waals surface area contributed by atoms with E-state index >= 15 is 0 Å². The fourth-order valence-corrected chi connectivity index (χ4v) is 4.12. The maximum atomic E-state index is 12.1. The molecule has 5 nitrogen and oxygen atoms in total. The predicted molar refractivity (Wildman–Crippen MR) is 113 cm³/mol. The molecule has 2 saturated heterocycles. The van der Waals surface area contributed by atoms with Crippen LogP contribution in [0.4, 0.5) is 4.79 Å². The Labute approximate surface area is 167 Å². The summed E-state index contributed by atoms with van der Waals surface area (Å²) in [6.07, 6.45) is 3.05. The van der Waals surface area contributed by atoms with E-state index in [0.29, 0.717) is 0 Å². The zero-order chi connectivity index (χ0) is 19.2. The van der Waals surface area contributed by atoms with Crippen molar-refractivity contribution in [2.24, 2.45) is 0 Å². The van der Waals surface area contributed by atoms with Gasteiger partial charge in [-0.05, 0) is 42.5 Å². The fourth-order valence-electron chi connectivity index (χ4n) is 4.12. The van der Waals surface area contributed by atoms with Crippen molar-refractivity contribution in [3.05, 3.63) is 60.2 Å². The lowest BCUT2D eigenvalue weighted by atomic mass is 10.0. The van der Waals surface area contributed by atoms with Crippen LogP contribution in [0.1, 0.15) is 24.8 Å². The second-order valence-electron chi connectivity index (χ2n) is 7.92. The SMILES string of the molecule is O=C(NC1CCN(Cc2ccc(-c3ccccc3)cc2)CC1)N[C@H]1CCNC1. The number of benzene rings is 2.